The first-order valence-electron chi connectivity index (χ1n) is 5.99. The number of carbonyl (C=O) groups excluding carboxylic acids is 1. The Morgan fingerprint density at radius 3 is 2.20 bits per heavy atom. The van der Waals surface area contributed by atoms with Gasteiger partial charge in [0.05, 0.1) is 11.1 Å². The van der Waals surface area contributed by atoms with Gasteiger partial charge in [-0.2, -0.15) is 13.2 Å². The van der Waals surface area contributed by atoms with Crippen molar-refractivity contribution in [1.29, 1.82) is 0 Å². The summed E-state index contributed by atoms with van der Waals surface area (Å²) in [5.41, 5.74) is -0.499. The predicted molar refractivity (Wildman–Crippen MR) is 63.5 cm³/mol. The van der Waals surface area contributed by atoms with E-state index in [1.807, 2.05) is 0 Å². The van der Waals surface area contributed by atoms with E-state index in [9.17, 15) is 22.8 Å². The van der Waals surface area contributed by atoms with Gasteiger partial charge in [0.1, 0.15) is 6.54 Å². The monoisotopic (exact) mass is 287 g/mol. The van der Waals surface area contributed by atoms with E-state index in [4.69, 9.17) is 5.11 Å². The van der Waals surface area contributed by atoms with Crippen molar-refractivity contribution in [3.8, 4) is 0 Å². The van der Waals surface area contributed by atoms with Gasteiger partial charge in [0.15, 0.2) is 0 Å². The summed E-state index contributed by atoms with van der Waals surface area (Å²) in [6, 6.07) is 4.83. The van der Waals surface area contributed by atoms with Crippen LogP contribution in [-0.4, -0.2) is 40.6 Å². The Kier molecular flexibility index (Phi) is 3.69. The number of halogens is 3. The van der Waals surface area contributed by atoms with Gasteiger partial charge in [-0.05, 0) is 25.0 Å². The molecule has 1 saturated carbocycles. The smallest absolute Gasteiger partial charge is 0.406 e. The summed E-state index contributed by atoms with van der Waals surface area (Å²) in [4.78, 5) is 23.9. The molecule has 0 unspecified atom stereocenters. The molecule has 20 heavy (non-hydrogen) atoms. The second kappa shape index (κ2) is 5.15. The summed E-state index contributed by atoms with van der Waals surface area (Å²) in [6.07, 6.45) is -3.48. The molecule has 2 rings (SSSR count). The molecule has 0 spiro atoms. The summed E-state index contributed by atoms with van der Waals surface area (Å²) in [7, 11) is 0. The van der Waals surface area contributed by atoms with E-state index in [1.54, 1.807) is 0 Å². The maximum Gasteiger partial charge on any atom is 0.406 e. The van der Waals surface area contributed by atoms with Gasteiger partial charge < -0.3 is 10.0 Å². The summed E-state index contributed by atoms with van der Waals surface area (Å²) >= 11 is 0. The number of benzene rings is 1. The van der Waals surface area contributed by atoms with Gasteiger partial charge in [0.25, 0.3) is 5.91 Å². The minimum atomic E-state index is -4.50. The highest BCUT2D eigenvalue weighted by Gasteiger charge is 2.41. The number of carboxylic acid groups (broad SMARTS) is 1. The number of hydrogen-bond acceptors (Lipinski definition) is 2. The van der Waals surface area contributed by atoms with Crippen molar-refractivity contribution >= 4 is 11.9 Å². The SMILES string of the molecule is O=C(O)c1ccccc1C(=O)N(CC(F)(F)F)C1CC1. The molecule has 0 radical (unpaired) electrons. The van der Waals surface area contributed by atoms with Gasteiger partial charge in [-0.1, -0.05) is 12.1 Å². The lowest BCUT2D eigenvalue weighted by Crippen LogP contribution is -2.41. The zero-order valence-corrected chi connectivity index (χ0v) is 10.4. The van der Waals surface area contributed by atoms with Crippen LogP contribution in [0.4, 0.5) is 13.2 Å². The molecule has 1 amide bonds. The molecule has 7 heteroatoms. The summed E-state index contributed by atoms with van der Waals surface area (Å²) < 4.78 is 37.6. The average molecular weight is 287 g/mol. The van der Waals surface area contributed by atoms with Gasteiger partial charge in [-0.15, -0.1) is 0 Å². The third-order valence-electron chi connectivity index (χ3n) is 2.99. The molecular formula is C13H12F3NO3. The van der Waals surface area contributed by atoms with Crippen LogP contribution in [0, 0.1) is 0 Å². The number of rotatable bonds is 4. The van der Waals surface area contributed by atoms with Crippen LogP contribution in [0.15, 0.2) is 24.3 Å². The molecule has 4 nitrogen and oxygen atoms in total. The molecule has 1 aromatic carbocycles. The van der Waals surface area contributed by atoms with E-state index < -0.39 is 30.6 Å². The number of aromatic carboxylic acids is 1. The zero-order chi connectivity index (χ0) is 14.9. The topological polar surface area (TPSA) is 57.6 Å². The van der Waals surface area contributed by atoms with Crippen molar-refractivity contribution in [2.24, 2.45) is 0 Å². The Bertz CT molecular complexity index is 538. The van der Waals surface area contributed by atoms with E-state index in [0.717, 1.165) is 0 Å². The van der Waals surface area contributed by atoms with Crippen LogP contribution in [0.3, 0.4) is 0 Å². The highest BCUT2D eigenvalue weighted by molar-refractivity contribution is 6.04. The Labute approximate surface area is 112 Å². The molecule has 0 atom stereocenters. The normalized spacial score (nSPS) is 14.9. The first kappa shape index (κ1) is 14.4. The first-order valence-corrected chi connectivity index (χ1v) is 5.99. The maximum atomic E-state index is 12.5. The minimum absolute atomic E-state index is 0.212. The highest BCUT2D eigenvalue weighted by atomic mass is 19.4. The molecule has 0 heterocycles. The summed E-state index contributed by atoms with van der Waals surface area (Å²) in [5, 5.41) is 8.99. The lowest BCUT2D eigenvalue weighted by atomic mass is 10.1. The fourth-order valence-electron chi connectivity index (χ4n) is 1.96. The maximum absolute atomic E-state index is 12.5. The van der Waals surface area contributed by atoms with Crippen LogP contribution in [-0.2, 0) is 0 Å². The van der Waals surface area contributed by atoms with E-state index in [-0.39, 0.29) is 11.1 Å². The second-order valence-electron chi connectivity index (χ2n) is 4.63. The van der Waals surface area contributed by atoms with E-state index >= 15 is 0 Å². The van der Waals surface area contributed by atoms with Gasteiger partial charge >= 0.3 is 12.1 Å². The number of amides is 1. The molecule has 0 bridgehead atoms. The molecule has 1 aliphatic rings. The number of alkyl halides is 3. The van der Waals surface area contributed by atoms with Crippen LogP contribution in [0.5, 0.6) is 0 Å². The standard InChI is InChI=1S/C13H12F3NO3/c14-13(15,16)7-17(8-5-6-8)11(18)9-3-1-2-4-10(9)12(19)20/h1-4,8H,5-7H2,(H,19,20). The molecular weight excluding hydrogens is 275 g/mol. The third-order valence-corrected chi connectivity index (χ3v) is 2.99. The fraction of sp³-hybridized carbons (Fsp3) is 0.385. The van der Waals surface area contributed by atoms with Crippen molar-refractivity contribution < 1.29 is 27.9 Å². The number of carbonyl (C=O) groups is 2. The molecule has 1 N–H and O–H groups in total. The lowest BCUT2D eigenvalue weighted by molar-refractivity contribution is -0.141. The van der Waals surface area contributed by atoms with E-state index in [1.165, 1.54) is 24.3 Å². The van der Waals surface area contributed by atoms with Crippen molar-refractivity contribution in [2.45, 2.75) is 25.1 Å². The van der Waals surface area contributed by atoms with Crippen LogP contribution in [0.1, 0.15) is 33.6 Å². The van der Waals surface area contributed by atoms with Crippen molar-refractivity contribution in [1.82, 2.24) is 4.90 Å². The predicted octanol–water partition coefficient (Wildman–Crippen LogP) is 2.55. The second-order valence-corrected chi connectivity index (χ2v) is 4.63. The largest absolute Gasteiger partial charge is 0.478 e. The number of carboxylic acids is 1. The zero-order valence-electron chi connectivity index (χ0n) is 10.4. The third kappa shape index (κ3) is 3.28. The molecule has 0 saturated heterocycles. The molecule has 0 aliphatic heterocycles. The molecule has 1 fully saturated rings. The van der Waals surface area contributed by atoms with Crippen molar-refractivity contribution in [2.75, 3.05) is 6.54 Å². The average Bonchev–Trinajstić information content (AvgIpc) is 3.18. The number of hydrogen-bond donors (Lipinski definition) is 1. The van der Waals surface area contributed by atoms with Crippen LogP contribution < -0.4 is 0 Å². The van der Waals surface area contributed by atoms with E-state index in [0.29, 0.717) is 17.7 Å². The van der Waals surface area contributed by atoms with Gasteiger partial charge in [-0.25, -0.2) is 4.79 Å². The Morgan fingerprint density at radius 2 is 1.75 bits per heavy atom. The van der Waals surface area contributed by atoms with E-state index in [2.05, 4.69) is 0 Å². The van der Waals surface area contributed by atoms with Crippen molar-refractivity contribution in [3.05, 3.63) is 35.4 Å². The molecule has 108 valence electrons. The number of nitrogens with zero attached hydrogens (tertiary/aromatic N) is 1. The summed E-state index contributed by atoms with van der Waals surface area (Å²) in [6.45, 7) is -1.36. The van der Waals surface area contributed by atoms with Crippen LogP contribution in [0.25, 0.3) is 0 Å². The summed E-state index contributed by atoms with van der Waals surface area (Å²) in [5.74, 6) is -2.22. The van der Waals surface area contributed by atoms with Crippen LogP contribution >= 0.6 is 0 Å². The molecule has 1 aromatic rings. The minimum Gasteiger partial charge on any atom is -0.478 e. The first-order chi connectivity index (χ1) is 9.29. The lowest BCUT2D eigenvalue weighted by Gasteiger charge is -2.24. The van der Waals surface area contributed by atoms with Gasteiger partial charge in [-0.3, -0.25) is 4.79 Å². The Morgan fingerprint density at radius 1 is 1.20 bits per heavy atom. The quantitative estimate of drug-likeness (QED) is 0.926. The van der Waals surface area contributed by atoms with Crippen molar-refractivity contribution in [3.63, 3.8) is 0 Å². The fourth-order valence-corrected chi connectivity index (χ4v) is 1.96. The van der Waals surface area contributed by atoms with Gasteiger partial charge in [0.2, 0.25) is 0 Å². The highest BCUT2D eigenvalue weighted by Crippen LogP contribution is 2.31. The Balaban J connectivity index is 2.31. The van der Waals surface area contributed by atoms with Gasteiger partial charge in [0, 0.05) is 6.04 Å². The molecule has 0 aromatic heterocycles. The Hall–Kier alpha value is -2.05. The molecule has 1 aliphatic carbocycles. The van der Waals surface area contributed by atoms with Crippen LogP contribution in [0.2, 0.25) is 0 Å².